The van der Waals surface area contributed by atoms with E-state index in [2.05, 4.69) is 5.32 Å². The number of aromatic nitrogens is 1. The number of aliphatic carboxylic acids is 1. The van der Waals surface area contributed by atoms with E-state index >= 15 is 0 Å². The van der Waals surface area contributed by atoms with Crippen molar-refractivity contribution >= 4 is 27.6 Å². The molecule has 9 nitrogen and oxygen atoms in total. The van der Waals surface area contributed by atoms with Gasteiger partial charge in [0.05, 0.1) is 0 Å². The van der Waals surface area contributed by atoms with Gasteiger partial charge in [-0.1, -0.05) is 0 Å². The van der Waals surface area contributed by atoms with Crippen molar-refractivity contribution in [1.82, 2.24) is 9.29 Å². The summed E-state index contributed by atoms with van der Waals surface area (Å²) in [6.45, 7) is -0.545. The van der Waals surface area contributed by atoms with Crippen LogP contribution in [0.5, 0.6) is 5.75 Å². The second kappa shape index (κ2) is 6.63. The highest BCUT2D eigenvalue weighted by Crippen LogP contribution is 2.32. The lowest BCUT2D eigenvalue weighted by Crippen LogP contribution is -2.42. The predicted molar refractivity (Wildman–Crippen MR) is 87.0 cm³/mol. The van der Waals surface area contributed by atoms with Gasteiger partial charge in [-0.25, -0.2) is 17.2 Å². The van der Waals surface area contributed by atoms with Gasteiger partial charge in [-0.3, -0.25) is 9.59 Å². The molecular weight excluding hydrogens is 388 g/mol. The number of nitrogens with one attached hydrogen (secondary N) is 2. The maximum Gasteiger partial charge on any atom is 0.325 e. The van der Waals surface area contributed by atoms with E-state index in [9.17, 15) is 26.8 Å². The average Bonchev–Trinajstić information content (AvgIpc) is 2.85. The standard InChI is InChI=1S/C15H13F2N3O6S/c1-20-5-11-13(26-6-10(15(22)23)19-27(11,24)25)12(20)14(21)18-7-2-3-8(16)9(17)4-7/h2-5,10,19H,6H2,1H3,(H,18,21)(H,22,23). The van der Waals surface area contributed by atoms with Crippen molar-refractivity contribution in [2.45, 2.75) is 10.9 Å². The zero-order valence-corrected chi connectivity index (χ0v) is 14.5. The first kappa shape index (κ1) is 18.8. The highest BCUT2D eigenvalue weighted by atomic mass is 32.2. The highest BCUT2D eigenvalue weighted by molar-refractivity contribution is 7.89. The van der Waals surface area contributed by atoms with Crippen LogP contribution in [-0.4, -0.2) is 42.6 Å². The fraction of sp³-hybridized carbons (Fsp3) is 0.200. The molecule has 3 rings (SSSR count). The number of rotatable bonds is 3. The van der Waals surface area contributed by atoms with E-state index in [-0.39, 0.29) is 17.1 Å². The molecule has 0 aliphatic carbocycles. The van der Waals surface area contributed by atoms with Crippen molar-refractivity contribution in [3.05, 3.63) is 41.7 Å². The number of ether oxygens (including phenoxy) is 1. The molecule has 1 unspecified atom stereocenters. The molecule has 12 heteroatoms. The minimum absolute atomic E-state index is 0.0631. The summed E-state index contributed by atoms with van der Waals surface area (Å²) in [6, 6.07) is 1.17. The number of aryl methyl sites for hydroxylation is 1. The van der Waals surface area contributed by atoms with Crippen LogP contribution in [0.1, 0.15) is 10.5 Å². The van der Waals surface area contributed by atoms with Gasteiger partial charge in [0.15, 0.2) is 29.1 Å². The Morgan fingerprint density at radius 1 is 1.33 bits per heavy atom. The van der Waals surface area contributed by atoms with Crippen LogP contribution in [0.3, 0.4) is 0 Å². The first-order valence-electron chi connectivity index (χ1n) is 7.44. The molecule has 1 aromatic heterocycles. The first-order chi connectivity index (χ1) is 12.6. The molecule has 0 saturated carbocycles. The van der Waals surface area contributed by atoms with Gasteiger partial charge in [-0.2, -0.15) is 4.72 Å². The Balaban J connectivity index is 1.98. The van der Waals surface area contributed by atoms with Gasteiger partial charge in [-0.05, 0) is 12.1 Å². The van der Waals surface area contributed by atoms with Crippen LogP contribution in [0.4, 0.5) is 14.5 Å². The van der Waals surface area contributed by atoms with Gasteiger partial charge in [0, 0.05) is 25.0 Å². The third-order valence-electron chi connectivity index (χ3n) is 3.77. The van der Waals surface area contributed by atoms with Crippen LogP contribution >= 0.6 is 0 Å². The van der Waals surface area contributed by atoms with Crippen LogP contribution in [0.25, 0.3) is 0 Å². The molecule has 1 atom stereocenters. The van der Waals surface area contributed by atoms with Gasteiger partial charge < -0.3 is 19.7 Å². The number of hydrogen-bond donors (Lipinski definition) is 3. The van der Waals surface area contributed by atoms with Crippen molar-refractivity contribution in [3.8, 4) is 5.75 Å². The summed E-state index contributed by atoms with van der Waals surface area (Å²) in [7, 11) is -2.88. The van der Waals surface area contributed by atoms with Crippen LogP contribution in [-0.2, 0) is 21.9 Å². The lowest BCUT2D eigenvalue weighted by atomic mass is 10.2. The number of nitrogens with zero attached hydrogens (tertiary/aromatic N) is 1. The van der Waals surface area contributed by atoms with Crippen molar-refractivity contribution in [2.24, 2.45) is 7.05 Å². The van der Waals surface area contributed by atoms with E-state index in [1.165, 1.54) is 11.6 Å². The molecule has 144 valence electrons. The maximum atomic E-state index is 13.3. The molecule has 1 aromatic carbocycles. The number of sulfonamides is 1. The molecule has 0 spiro atoms. The summed E-state index contributed by atoms with van der Waals surface area (Å²) in [5.74, 6) is -4.91. The number of fused-ring (bicyclic) bond motifs is 1. The third-order valence-corrected chi connectivity index (χ3v) is 5.24. The van der Waals surface area contributed by atoms with E-state index in [0.29, 0.717) is 0 Å². The fourth-order valence-corrected chi connectivity index (χ4v) is 3.87. The molecule has 2 heterocycles. The largest absolute Gasteiger partial charge is 0.487 e. The molecular formula is C15H13F2N3O6S. The minimum Gasteiger partial charge on any atom is -0.487 e. The molecule has 0 fully saturated rings. The topological polar surface area (TPSA) is 127 Å². The molecule has 0 bridgehead atoms. The summed E-state index contributed by atoms with van der Waals surface area (Å²) in [6.07, 6.45) is 1.09. The SMILES string of the molecule is Cn1cc2c(c1C(=O)Nc1ccc(F)c(F)c1)OCC(C(=O)O)NS2(=O)=O. The second-order valence-corrected chi connectivity index (χ2v) is 7.37. The number of carboxylic acid groups (broad SMARTS) is 1. The Morgan fingerprint density at radius 2 is 2.04 bits per heavy atom. The lowest BCUT2D eigenvalue weighted by Gasteiger charge is -2.11. The van der Waals surface area contributed by atoms with Crippen LogP contribution in [0.2, 0.25) is 0 Å². The number of carbonyl (C=O) groups excluding carboxylic acids is 1. The number of carboxylic acids is 1. The van der Waals surface area contributed by atoms with Crippen molar-refractivity contribution in [3.63, 3.8) is 0 Å². The molecule has 3 N–H and O–H groups in total. The van der Waals surface area contributed by atoms with Crippen molar-refractivity contribution in [1.29, 1.82) is 0 Å². The number of anilines is 1. The fourth-order valence-electron chi connectivity index (χ4n) is 2.51. The normalized spacial score (nSPS) is 18.1. The number of hydrogen-bond acceptors (Lipinski definition) is 5. The number of carbonyl (C=O) groups is 2. The summed E-state index contributed by atoms with van der Waals surface area (Å²) >= 11 is 0. The van der Waals surface area contributed by atoms with Gasteiger partial charge in [0.1, 0.15) is 11.5 Å². The molecule has 0 radical (unpaired) electrons. The van der Waals surface area contributed by atoms with Gasteiger partial charge >= 0.3 is 5.97 Å². The first-order valence-corrected chi connectivity index (χ1v) is 8.92. The quantitative estimate of drug-likeness (QED) is 0.694. The van der Waals surface area contributed by atoms with Crippen LogP contribution in [0.15, 0.2) is 29.3 Å². The second-order valence-electron chi connectivity index (χ2n) is 5.69. The molecule has 1 amide bonds. The van der Waals surface area contributed by atoms with E-state index in [1.54, 1.807) is 0 Å². The Kier molecular flexibility index (Phi) is 4.61. The Hall–Kier alpha value is -2.99. The molecule has 1 aliphatic rings. The number of halogens is 2. The zero-order chi connectivity index (χ0) is 19.9. The Morgan fingerprint density at radius 3 is 2.67 bits per heavy atom. The average molecular weight is 401 g/mol. The van der Waals surface area contributed by atoms with E-state index in [0.717, 1.165) is 24.4 Å². The highest BCUT2D eigenvalue weighted by Gasteiger charge is 2.36. The van der Waals surface area contributed by atoms with Crippen LogP contribution in [0, 0.1) is 11.6 Å². The zero-order valence-electron chi connectivity index (χ0n) is 13.7. The molecule has 0 saturated heterocycles. The summed E-state index contributed by atoms with van der Waals surface area (Å²) in [4.78, 5) is 23.2. The number of benzene rings is 1. The van der Waals surface area contributed by atoms with E-state index in [1.807, 2.05) is 4.72 Å². The smallest absolute Gasteiger partial charge is 0.325 e. The third kappa shape index (κ3) is 3.48. The minimum atomic E-state index is -4.26. The van der Waals surface area contributed by atoms with E-state index in [4.69, 9.17) is 9.84 Å². The molecule has 1 aliphatic heterocycles. The lowest BCUT2D eigenvalue weighted by molar-refractivity contribution is -0.139. The summed E-state index contributed by atoms with van der Waals surface area (Å²) in [5, 5.41) is 11.3. The van der Waals surface area contributed by atoms with Gasteiger partial charge in [0.25, 0.3) is 5.91 Å². The predicted octanol–water partition coefficient (Wildman–Crippen LogP) is 0.679. The Labute approximate surface area is 151 Å². The maximum absolute atomic E-state index is 13.3. The molecule has 2 aromatic rings. The summed E-state index contributed by atoms with van der Waals surface area (Å²) < 4.78 is 59.4. The monoisotopic (exact) mass is 401 g/mol. The van der Waals surface area contributed by atoms with Gasteiger partial charge in [0.2, 0.25) is 10.0 Å². The molecule has 27 heavy (non-hydrogen) atoms. The summed E-state index contributed by atoms with van der Waals surface area (Å²) in [5.41, 5.74) is -0.294. The Bertz CT molecular complexity index is 1050. The van der Waals surface area contributed by atoms with Crippen molar-refractivity contribution in [2.75, 3.05) is 11.9 Å². The van der Waals surface area contributed by atoms with Crippen molar-refractivity contribution < 1.29 is 36.6 Å². The number of amides is 1. The van der Waals surface area contributed by atoms with E-state index < -0.39 is 51.1 Å². The van der Waals surface area contributed by atoms with Gasteiger partial charge in [-0.15, -0.1) is 0 Å². The van der Waals surface area contributed by atoms with Crippen LogP contribution < -0.4 is 14.8 Å².